The van der Waals surface area contributed by atoms with Crippen LogP contribution in [-0.4, -0.2) is 22.6 Å². The van der Waals surface area contributed by atoms with E-state index in [4.69, 9.17) is 5.11 Å². The van der Waals surface area contributed by atoms with Gasteiger partial charge in [-0.3, -0.25) is 4.79 Å². The number of nitrogens with one attached hydrogen (secondary N) is 1. The first kappa shape index (κ1) is 14.8. The largest absolute Gasteiger partial charge is 0.395 e. The van der Waals surface area contributed by atoms with Crippen molar-refractivity contribution in [3.63, 3.8) is 0 Å². The van der Waals surface area contributed by atoms with E-state index in [1.54, 1.807) is 30.5 Å². The minimum atomic E-state index is -0.202. The molecule has 2 aromatic rings. The molecule has 0 atom stereocenters. The van der Waals surface area contributed by atoms with Gasteiger partial charge in [-0.25, -0.2) is 4.98 Å². The summed E-state index contributed by atoms with van der Waals surface area (Å²) in [4.78, 5) is 16.3. The lowest BCUT2D eigenvalue weighted by molar-refractivity contribution is 0.102. The lowest BCUT2D eigenvalue weighted by Gasteiger charge is -2.06. The van der Waals surface area contributed by atoms with Gasteiger partial charge in [-0.1, -0.05) is 17.9 Å². The van der Waals surface area contributed by atoms with Crippen molar-refractivity contribution in [2.75, 3.05) is 11.9 Å². The quantitative estimate of drug-likeness (QED) is 0.849. The highest BCUT2D eigenvalue weighted by Gasteiger charge is 2.07. The smallest absolute Gasteiger partial charge is 0.256 e. The number of carbonyl (C=O) groups is 1. The molecule has 0 spiro atoms. The van der Waals surface area contributed by atoms with Gasteiger partial charge in [0, 0.05) is 23.7 Å². The first-order chi connectivity index (χ1) is 10.2. The lowest BCUT2D eigenvalue weighted by Crippen LogP contribution is -2.13. The molecule has 0 aliphatic carbocycles. The van der Waals surface area contributed by atoms with Crippen molar-refractivity contribution in [2.24, 2.45) is 0 Å². The van der Waals surface area contributed by atoms with Crippen molar-refractivity contribution in [1.82, 2.24) is 4.98 Å². The molecule has 0 bridgehead atoms. The molecule has 4 heteroatoms. The van der Waals surface area contributed by atoms with Crippen LogP contribution >= 0.6 is 0 Å². The SMILES string of the molecule is Cc1cccnc1NC(=O)c1ccc(C#CCCO)cc1. The van der Waals surface area contributed by atoms with Crippen LogP contribution in [-0.2, 0) is 0 Å². The second kappa shape index (κ2) is 7.22. The third-order valence-electron chi connectivity index (χ3n) is 2.86. The van der Waals surface area contributed by atoms with Crippen molar-refractivity contribution in [3.05, 3.63) is 59.3 Å². The average molecular weight is 280 g/mol. The number of rotatable bonds is 3. The zero-order valence-electron chi connectivity index (χ0n) is 11.8. The number of carbonyl (C=O) groups excluding carboxylic acids is 1. The van der Waals surface area contributed by atoms with Crippen molar-refractivity contribution in [2.45, 2.75) is 13.3 Å². The first-order valence-corrected chi connectivity index (χ1v) is 6.63. The fourth-order valence-corrected chi connectivity index (χ4v) is 1.72. The number of hydrogen-bond donors (Lipinski definition) is 2. The third-order valence-corrected chi connectivity index (χ3v) is 2.86. The average Bonchev–Trinajstić information content (AvgIpc) is 2.50. The standard InChI is InChI=1S/C17H16N2O2/c1-13-5-4-11-18-16(13)19-17(21)15-9-7-14(8-10-15)6-2-3-12-20/h4-5,7-11,20H,3,12H2,1H3,(H,18,19,21). The van der Waals surface area contributed by atoms with E-state index >= 15 is 0 Å². The summed E-state index contributed by atoms with van der Waals surface area (Å²) in [7, 11) is 0. The Bertz CT molecular complexity index is 682. The third kappa shape index (κ3) is 4.16. The summed E-state index contributed by atoms with van der Waals surface area (Å²) in [6.07, 6.45) is 2.09. The summed E-state index contributed by atoms with van der Waals surface area (Å²) < 4.78 is 0. The number of pyridine rings is 1. The van der Waals surface area contributed by atoms with E-state index in [9.17, 15) is 4.79 Å². The molecule has 1 aromatic heterocycles. The summed E-state index contributed by atoms with van der Waals surface area (Å²) >= 11 is 0. The Hall–Kier alpha value is -2.64. The van der Waals surface area contributed by atoms with E-state index < -0.39 is 0 Å². The Balaban J connectivity index is 2.07. The van der Waals surface area contributed by atoms with Crippen LogP contribution in [0.1, 0.15) is 27.9 Å². The molecule has 106 valence electrons. The molecule has 4 nitrogen and oxygen atoms in total. The molecule has 2 rings (SSSR count). The maximum Gasteiger partial charge on any atom is 0.256 e. The predicted molar refractivity (Wildman–Crippen MR) is 82.0 cm³/mol. The van der Waals surface area contributed by atoms with E-state index in [0.29, 0.717) is 17.8 Å². The fourth-order valence-electron chi connectivity index (χ4n) is 1.72. The van der Waals surface area contributed by atoms with Gasteiger partial charge in [0.05, 0.1) is 6.61 Å². The highest BCUT2D eigenvalue weighted by Crippen LogP contribution is 2.11. The molecule has 21 heavy (non-hydrogen) atoms. The van der Waals surface area contributed by atoms with Crippen molar-refractivity contribution in [1.29, 1.82) is 0 Å². The molecule has 0 radical (unpaired) electrons. The molecule has 0 unspecified atom stereocenters. The van der Waals surface area contributed by atoms with Crippen LogP contribution < -0.4 is 5.32 Å². The van der Waals surface area contributed by atoms with Gasteiger partial charge >= 0.3 is 0 Å². The molecule has 1 aromatic carbocycles. The highest BCUT2D eigenvalue weighted by atomic mass is 16.2. The fraction of sp³-hybridized carbons (Fsp3) is 0.176. The van der Waals surface area contributed by atoms with Gasteiger partial charge in [-0.15, -0.1) is 0 Å². The zero-order chi connectivity index (χ0) is 15.1. The normalized spacial score (nSPS) is 9.62. The Morgan fingerprint density at radius 3 is 2.71 bits per heavy atom. The summed E-state index contributed by atoms with van der Waals surface area (Å²) in [6, 6.07) is 10.7. The number of aromatic nitrogens is 1. The number of nitrogens with zero attached hydrogens (tertiary/aromatic N) is 1. The molecule has 0 aliphatic heterocycles. The van der Waals surface area contributed by atoms with Gasteiger partial charge < -0.3 is 10.4 Å². The van der Waals surface area contributed by atoms with Crippen molar-refractivity contribution < 1.29 is 9.90 Å². The number of benzene rings is 1. The van der Waals surface area contributed by atoms with Gasteiger partial charge in [0.25, 0.3) is 5.91 Å². The Morgan fingerprint density at radius 2 is 2.05 bits per heavy atom. The monoisotopic (exact) mass is 280 g/mol. The molecule has 1 amide bonds. The molecule has 0 aliphatic rings. The van der Waals surface area contributed by atoms with E-state index in [-0.39, 0.29) is 12.5 Å². The molecule has 2 N–H and O–H groups in total. The Morgan fingerprint density at radius 1 is 1.29 bits per heavy atom. The van der Waals surface area contributed by atoms with Crippen LogP contribution in [0.25, 0.3) is 0 Å². The van der Waals surface area contributed by atoms with Crippen LogP contribution in [0.5, 0.6) is 0 Å². The van der Waals surface area contributed by atoms with Gasteiger partial charge in [0.2, 0.25) is 0 Å². The molecular weight excluding hydrogens is 264 g/mol. The van der Waals surface area contributed by atoms with E-state index in [2.05, 4.69) is 22.1 Å². The van der Waals surface area contributed by atoms with Crippen LogP contribution in [0.3, 0.4) is 0 Å². The van der Waals surface area contributed by atoms with Crippen LogP contribution in [0.4, 0.5) is 5.82 Å². The maximum absolute atomic E-state index is 12.1. The summed E-state index contributed by atoms with van der Waals surface area (Å²) in [5, 5.41) is 11.4. The van der Waals surface area contributed by atoms with Crippen LogP contribution in [0.15, 0.2) is 42.6 Å². The van der Waals surface area contributed by atoms with E-state index in [1.165, 1.54) is 0 Å². The maximum atomic E-state index is 12.1. The topological polar surface area (TPSA) is 62.2 Å². The number of aliphatic hydroxyl groups is 1. The zero-order valence-corrected chi connectivity index (χ0v) is 11.8. The van der Waals surface area contributed by atoms with Gasteiger partial charge in [-0.05, 0) is 42.8 Å². The number of aliphatic hydroxyl groups excluding tert-OH is 1. The van der Waals surface area contributed by atoms with E-state index in [1.807, 2.05) is 19.1 Å². The first-order valence-electron chi connectivity index (χ1n) is 6.63. The lowest BCUT2D eigenvalue weighted by atomic mass is 10.1. The van der Waals surface area contributed by atoms with Crippen LogP contribution in [0, 0.1) is 18.8 Å². The number of hydrogen-bond acceptors (Lipinski definition) is 3. The minimum Gasteiger partial charge on any atom is -0.395 e. The molecule has 0 saturated carbocycles. The minimum absolute atomic E-state index is 0.0525. The van der Waals surface area contributed by atoms with Gasteiger partial charge in [0.1, 0.15) is 5.82 Å². The molecule has 0 saturated heterocycles. The van der Waals surface area contributed by atoms with Crippen molar-refractivity contribution in [3.8, 4) is 11.8 Å². The number of anilines is 1. The molecular formula is C17H16N2O2. The number of amides is 1. The second-order valence-corrected chi connectivity index (χ2v) is 4.48. The van der Waals surface area contributed by atoms with Gasteiger partial charge in [-0.2, -0.15) is 0 Å². The second-order valence-electron chi connectivity index (χ2n) is 4.48. The summed E-state index contributed by atoms with van der Waals surface area (Å²) in [6.45, 7) is 1.94. The summed E-state index contributed by atoms with van der Waals surface area (Å²) in [5.74, 6) is 6.12. The van der Waals surface area contributed by atoms with E-state index in [0.717, 1.165) is 11.1 Å². The Kier molecular flexibility index (Phi) is 5.08. The predicted octanol–water partition coefficient (Wildman–Crippen LogP) is 2.38. The number of aryl methyl sites for hydroxylation is 1. The molecule has 1 heterocycles. The molecule has 0 fully saturated rings. The summed E-state index contributed by atoms with van der Waals surface area (Å²) in [5.41, 5.74) is 2.28. The Labute approximate surface area is 123 Å². The van der Waals surface area contributed by atoms with Gasteiger partial charge in [0.15, 0.2) is 0 Å². The van der Waals surface area contributed by atoms with Crippen molar-refractivity contribution >= 4 is 11.7 Å². The highest BCUT2D eigenvalue weighted by molar-refractivity contribution is 6.04. The van der Waals surface area contributed by atoms with Crippen LogP contribution in [0.2, 0.25) is 0 Å².